The van der Waals surface area contributed by atoms with E-state index in [-0.39, 0.29) is 36.9 Å². The van der Waals surface area contributed by atoms with Crippen molar-refractivity contribution >= 4 is 17.5 Å². The lowest BCUT2D eigenvalue weighted by Crippen LogP contribution is -2.33. The molecule has 0 aromatic heterocycles. The molecule has 0 aliphatic heterocycles. The first-order chi connectivity index (χ1) is 13.2. The number of nitrogens with one attached hydrogen (secondary N) is 1. The Morgan fingerprint density at radius 1 is 1.00 bits per heavy atom. The molecule has 8 heteroatoms. The Kier molecular flexibility index (Phi) is 7.14. The zero-order valence-electron chi connectivity index (χ0n) is 15.2. The van der Waals surface area contributed by atoms with Gasteiger partial charge in [0.1, 0.15) is 5.82 Å². The Balaban J connectivity index is 1.86. The van der Waals surface area contributed by atoms with Crippen molar-refractivity contribution in [3.8, 4) is 0 Å². The topological polar surface area (TPSA) is 49.4 Å². The molecule has 0 unspecified atom stereocenters. The lowest BCUT2D eigenvalue weighted by atomic mass is 10.1. The monoisotopic (exact) mass is 396 g/mol. The van der Waals surface area contributed by atoms with Crippen molar-refractivity contribution < 1.29 is 27.2 Å². The number of alkyl halides is 3. The van der Waals surface area contributed by atoms with E-state index in [0.29, 0.717) is 12.0 Å². The second kappa shape index (κ2) is 9.34. The number of anilines is 1. The summed E-state index contributed by atoms with van der Waals surface area (Å²) >= 11 is 0. The number of hydrogen-bond donors (Lipinski definition) is 1. The standard InChI is InChI=1S/C20H20F4N2O2/c1-14(27)26(12-10-15-4-2-3-5-18(15)21)13-11-19(28)25-17-8-6-16(7-9-17)20(22,23)24/h2-9H,10-13H2,1H3,(H,25,28). The zero-order chi connectivity index (χ0) is 20.7. The molecule has 0 aliphatic carbocycles. The maximum Gasteiger partial charge on any atom is 0.416 e. The van der Waals surface area contributed by atoms with E-state index >= 15 is 0 Å². The lowest BCUT2D eigenvalue weighted by Gasteiger charge is -2.21. The molecule has 0 aliphatic rings. The van der Waals surface area contributed by atoms with E-state index in [9.17, 15) is 27.2 Å². The van der Waals surface area contributed by atoms with Crippen LogP contribution in [0.25, 0.3) is 0 Å². The Labute approximate surface area is 160 Å². The predicted molar refractivity (Wildman–Crippen MR) is 97.0 cm³/mol. The summed E-state index contributed by atoms with van der Waals surface area (Å²) in [6.45, 7) is 1.73. The van der Waals surface area contributed by atoms with Gasteiger partial charge in [0.15, 0.2) is 0 Å². The van der Waals surface area contributed by atoms with E-state index in [0.717, 1.165) is 12.1 Å². The summed E-state index contributed by atoms with van der Waals surface area (Å²) in [5.74, 6) is -1.04. The molecule has 0 radical (unpaired) electrons. The van der Waals surface area contributed by atoms with Crippen LogP contribution in [0, 0.1) is 5.82 Å². The van der Waals surface area contributed by atoms with E-state index in [1.165, 1.54) is 30.0 Å². The third kappa shape index (κ3) is 6.37. The minimum absolute atomic E-state index is 0.0299. The van der Waals surface area contributed by atoms with Gasteiger partial charge < -0.3 is 10.2 Å². The quantitative estimate of drug-likeness (QED) is 0.711. The van der Waals surface area contributed by atoms with Crippen LogP contribution in [-0.2, 0) is 22.2 Å². The minimum atomic E-state index is -4.44. The predicted octanol–water partition coefficient (Wildman–Crippen LogP) is 4.26. The molecular formula is C20H20F4N2O2. The Bertz CT molecular complexity index is 820. The highest BCUT2D eigenvalue weighted by molar-refractivity contribution is 5.91. The SMILES string of the molecule is CC(=O)N(CCC(=O)Nc1ccc(C(F)(F)F)cc1)CCc1ccccc1F. The van der Waals surface area contributed by atoms with Gasteiger partial charge >= 0.3 is 6.18 Å². The number of halogens is 4. The molecule has 2 amide bonds. The van der Waals surface area contributed by atoms with Crippen LogP contribution < -0.4 is 5.32 Å². The molecule has 2 aromatic carbocycles. The largest absolute Gasteiger partial charge is 0.416 e. The van der Waals surface area contributed by atoms with Crippen molar-refractivity contribution in [1.82, 2.24) is 4.90 Å². The highest BCUT2D eigenvalue weighted by atomic mass is 19.4. The maximum absolute atomic E-state index is 13.7. The number of carbonyl (C=O) groups is 2. The molecule has 28 heavy (non-hydrogen) atoms. The van der Waals surface area contributed by atoms with E-state index in [1.54, 1.807) is 18.2 Å². The van der Waals surface area contributed by atoms with Crippen LogP contribution in [-0.4, -0.2) is 29.8 Å². The van der Waals surface area contributed by atoms with E-state index in [2.05, 4.69) is 5.32 Å². The third-order valence-corrected chi connectivity index (χ3v) is 4.16. The fourth-order valence-corrected chi connectivity index (χ4v) is 2.59. The van der Waals surface area contributed by atoms with Gasteiger partial charge in [0.25, 0.3) is 0 Å². The molecule has 0 heterocycles. The number of amides is 2. The Morgan fingerprint density at radius 2 is 1.64 bits per heavy atom. The highest BCUT2D eigenvalue weighted by Crippen LogP contribution is 2.29. The molecule has 150 valence electrons. The van der Waals surface area contributed by atoms with Crippen LogP contribution in [0.2, 0.25) is 0 Å². The van der Waals surface area contributed by atoms with E-state index in [4.69, 9.17) is 0 Å². The number of rotatable bonds is 7. The van der Waals surface area contributed by atoms with Crippen molar-refractivity contribution in [2.24, 2.45) is 0 Å². The summed E-state index contributed by atoms with van der Waals surface area (Å²) in [4.78, 5) is 25.2. The Hall–Kier alpha value is -2.90. The fourth-order valence-electron chi connectivity index (χ4n) is 2.59. The first-order valence-electron chi connectivity index (χ1n) is 8.63. The third-order valence-electron chi connectivity index (χ3n) is 4.16. The summed E-state index contributed by atoms with van der Waals surface area (Å²) in [5, 5.41) is 2.49. The van der Waals surface area contributed by atoms with Gasteiger partial charge in [-0.05, 0) is 42.3 Å². The van der Waals surface area contributed by atoms with Gasteiger partial charge in [-0.15, -0.1) is 0 Å². The zero-order valence-corrected chi connectivity index (χ0v) is 15.2. The van der Waals surface area contributed by atoms with Crippen LogP contribution in [0.15, 0.2) is 48.5 Å². The summed E-state index contributed by atoms with van der Waals surface area (Å²) in [6, 6.07) is 10.3. The molecule has 2 aromatic rings. The second-order valence-electron chi connectivity index (χ2n) is 6.22. The van der Waals surface area contributed by atoms with Gasteiger partial charge in [-0.25, -0.2) is 4.39 Å². The molecule has 0 atom stereocenters. The first kappa shape index (κ1) is 21.4. The van der Waals surface area contributed by atoms with E-state index < -0.39 is 17.6 Å². The molecule has 1 N–H and O–H groups in total. The van der Waals surface area contributed by atoms with Gasteiger partial charge in [0.2, 0.25) is 11.8 Å². The molecule has 0 saturated heterocycles. The summed E-state index contributed by atoms with van der Waals surface area (Å²) in [6.07, 6.45) is -4.16. The van der Waals surface area contributed by atoms with Gasteiger partial charge in [-0.2, -0.15) is 13.2 Å². The average molecular weight is 396 g/mol. The smallest absolute Gasteiger partial charge is 0.342 e. The van der Waals surface area contributed by atoms with Crippen LogP contribution in [0.5, 0.6) is 0 Å². The minimum Gasteiger partial charge on any atom is -0.342 e. The molecular weight excluding hydrogens is 376 g/mol. The second-order valence-corrected chi connectivity index (χ2v) is 6.22. The maximum atomic E-state index is 13.7. The van der Waals surface area contributed by atoms with Crippen LogP contribution >= 0.6 is 0 Å². The fraction of sp³-hybridized carbons (Fsp3) is 0.300. The van der Waals surface area contributed by atoms with Crippen molar-refractivity contribution in [3.63, 3.8) is 0 Å². The van der Waals surface area contributed by atoms with Crippen LogP contribution in [0.1, 0.15) is 24.5 Å². The summed E-state index contributed by atoms with van der Waals surface area (Å²) in [5.41, 5.74) is -0.0944. The normalized spacial score (nSPS) is 11.2. The van der Waals surface area contributed by atoms with Crippen LogP contribution in [0.4, 0.5) is 23.2 Å². The van der Waals surface area contributed by atoms with E-state index in [1.807, 2.05) is 0 Å². The lowest BCUT2D eigenvalue weighted by molar-refractivity contribution is -0.137. The number of nitrogens with zero attached hydrogens (tertiary/aromatic N) is 1. The number of hydrogen-bond acceptors (Lipinski definition) is 2. The summed E-state index contributed by atoms with van der Waals surface area (Å²) < 4.78 is 51.3. The van der Waals surface area contributed by atoms with Gasteiger partial charge in [0, 0.05) is 32.1 Å². The molecule has 0 fully saturated rings. The van der Waals surface area contributed by atoms with Crippen molar-refractivity contribution in [1.29, 1.82) is 0 Å². The van der Waals surface area contributed by atoms with Gasteiger partial charge in [-0.3, -0.25) is 9.59 Å². The number of carbonyl (C=O) groups excluding carboxylic acids is 2. The molecule has 0 saturated carbocycles. The molecule has 4 nitrogen and oxygen atoms in total. The number of benzene rings is 2. The highest BCUT2D eigenvalue weighted by Gasteiger charge is 2.30. The molecule has 0 spiro atoms. The molecule has 0 bridgehead atoms. The van der Waals surface area contributed by atoms with Crippen molar-refractivity contribution in [2.75, 3.05) is 18.4 Å². The van der Waals surface area contributed by atoms with Gasteiger partial charge in [0.05, 0.1) is 5.56 Å². The Morgan fingerprint density at radius 3 is 2.21 bits per heavy atom. The van der Waals surface area contributed by atoms with Crippen molar-refractivity contribution in [3.05, 3.63) is 65.5 Å². The van der Waals surface area contributed by atoms with Gasteiger partial charge in [-0.1, -0.05) is 18.2 Å². The van der Waals surface area contributed by atoms with Crippen molar-refractivity contribution in [2.45, 2.75) is 25.9 Å². The average Bonchev–Trinajstić information content (AvgIpc) is 2.62. The first-order valence-corrected chi connectivity index (χ1v) is 8.63. The van der Waals surface area contributed by atoms with Crippen LogP contribution in [0.3, 0.4) is 0 Å². The summed E-state index contributed by atoms with van der Waals surface area (Å²) in [7, 11) is 0. The molecule has 2 rings (SSSR count).